The summed E-state index contributed by atoms with van der Waals surface area (Å²) in [5.74, 6) is 0.454. The molecule has 0 spiro atoms. The lowest BCUT2D eigenvalue weighted by atomic mass is 10.2. The zero-order chi connectivity index (χ0) is 12.9. The van der Waals surface area contributed by atoms with Crippen LogP contribution in [-0.4, -0.2) is 26.5 Å². The first-order valence-corrected chi connectivity index (χ1v) is 7.85. The van der Waals surface area contributed by atoms with Gasteiger partial charge in [0.25, 0.3) is 0 Å². The van der Waals surface area contributed by atoms with E-state index in [-0.39, 0.29) is 11.5 Å². The van der Waals surface area contributed by atoms with Crippen LogP contribution in [0.2, 0.25) is 5.02 Å². The topological polar surface area (TPSA) is 46.2 Å². The van der Waals surface area contributed by atoms with Crippen molar-refractivity contribution in [2.24, 2.45) is 0 Å². The summed E-state index contributed by atoms with van der Waals surface area (Å²) >= 11 is 5.85. The van der Waals surface area contributed by atoms with E-state index in [0.29, 0.717) is 18.0 Å². The molecule has 96 valence electrons. The molecule has 0 aliphatic rings. The molecule has 0 amide bonds. The third-order valence-corrected chi connectivity index (χ3v) is 4.60. The SMILES string of the molecule is CCS(=O)(=O)CCCNc1ccc(Cl)cc1C. The Bertz CT molecular complexity index is 471. The van der Waals surface area contributed by atoms with Crippen molar-refractivity contribution in [3.05, 3.63) is 28.8 Å². The summed E-state index contributed by atoms with van der Waals surface area (Å²) in [5, 5.41) is 3.92. The molecule has 0 atom stereocenters. The molecule has 0 radical (unpaired) electrons. The maximum atomic E-state index is 11.3. The highest BCUT2D eigenvalue weighted by atomic mass is 35.5. The van der Waals surface area contributed by atoms with Crippen LogP contribution in [0.15, 0.2) is 18.2 Å². The van der Waals surface area contributed by atoms with Gasteiger partial charge in [-0.05, 0) is 37.1 Å². The number of sulfone groups is 1. The number of hydrogen-bond acceptors (Lipinski definition) is 3. The first kappa shape index (κ1) is 14.3. The second-order valence-electron chi connectivity index (χ2n) is 3.98. The smallest absolute Gasteiger partial charge is 0.150 e. The highest BCUT2D eigenvalue weighted by Crippen LogP contribution is 2.19. The van der Waals surface area contributed by atoms with Crippen molar-refractivity contribution >= 4 is 27.1 Å². The molecule has 0 saturated carbocycles. The van der Waals surface area contributed by atoms with Gasteiger partial charge in [0.15, 0.2) is 0 Å². The number of benzene rings is 1. The fourth-order valence-corrected chi connectivity index (χ4v) is 2.58. The van der Waals surface area contributed by atoms with E-state index in [1.165, 1.54) is 0 Å². The summed E-state index contributed by atoms with van der Waals surface area (Å²) in [7, 11) is -2.85. The molecule has 1 aromatic carbocycles. The molecule has 17 heavy (non-hydrogen) atoms. The average molecular weight is 276 g/mol. The van der Waals surface area contributed by atoms with E-state index < -0.39 is 9.84 Å². The molecule has 0 unspecified atom stereocenters. The quantitative estimate of drug-likeness (QED) is 0.812. The third kappa shape index (κ3) is 4.96. The first-order chi connectivity index (χ1) is 7.94. The van der Waals surface area contributed by atoms with Crippen LogP contribution in [0.1, 0.15) is 18.9 Å². The van der Waals surface area contributed by atoms with Crippen molar-refractivity contribution in [3.63, 3.8) is 0 Å². The number of nitrogens with one attached hydrogen (secondary N) is 1. The van der Waals surface area contributed by atoms with Crippen molar-refractivity contribution in [2.75, 3.05) is 23.4 Å². The highest BCUT2D eigenvalue weighted by molar-refractivity contribution is 7.91. The lowest BCUT2D eigenvalue weighted by molar-refractivity contribution is 0.595. The molecule has 1 N–H and O–H groups in total. The van der Waals surface area contributed by atoms with E-state index in [4.69, 9.17) is 11.6 Å². The normalized spacial score (nSPS) is 11.5. The molecule has 0 heterocycles. The number of aryl methyl sites for hydroxylation is 1. The molecule has 1 aromatic rings. The van der Waals surface area contributed by atoms with Crippen molar-refractivity contribution in [2.45, 2.75) is 20.3 Å². The van der Waals surface area contributed by atoms with E-state index in [1.807, 2.05) is 25.1 Å². The Balaban J connectivity index is 2.41. The maximum Gasteiger partial charge on any atom is 0.150 e. The Morgan fingerprint density at radius 2 is 2.06 bits per heavy atom. The van der Waals surface area contributed by atoms with Crippen LogP contribution >= 0.6 is 11.6 Å². The van der Waals surface area contributed by atoms with Crippen LogP contribution in [0, 0.1) is 6.92 Å². The Hall–Kier alpha value is -0.740. The number of rotatable bonds is 6. The van der Waals surface area contributed by atoms with Crippen LogP contribution in [0.4, 0.5) is 5.69 Å². The van der Waals surface area contributed by atoms with Gasteiger partial charge in [-0.25, -0.2) is 8.42 Å². The molecule has 0 fully saturated rings. The van der Waals surface area contributed by atoms with Crippen molar-refractivity contribution < 1.29 is 8.42 Å². The highest BCUT2D eigenvalue weighted by Gasteiger charge is 2.06. The first-order valence-electron chi connectivity index (χ1n) is 5.65. The summed E-state index contributed by atoms with van der Waals surface area (Å²) in [5.41, 5.74) is 2.07. The fourth-order valence-electron chi connectivity index (χ4n) is 1.48. The van der Waals surface area contributed by atoms with Gasteiger partial charge in [-0.2, -0.15) is 0 Å². The lowest BCUT2D eigenvalue weighted by Gasteiger charge is -2.09. The van der Waals surface area contributed by atoms with Gasteiger partial charge in [0.1, 0.15) is 9.84 Å². The molecule has 3 nitrogen and oxygen atoms in total. The minimum Gasteiger partial charge on any atom is -0.385 e. The van der Waals surface area contributed by atoms with Crippen LogP contribution < -0.4 is 5.32 Å². The fraction of sp³-hybridized carbons (Fsp3) is 0.500. The second kappa shape index (κ2) is 6.26. The van der Waals surface area contributed by atoms with E-state index in [1.54, 1.807) is 6.92 Å². The third-order valence-electron chi connectivity index (χ3n) is 2.58. The molecular formula is C12H18ClNO2S. The monoisotopic (exact) mass is 275 g/mol. The maximum absolute atomic E-state index is 11.3. The predicted molar refractivity (Wildman–Crippen MR) is 73.6 cm³/mol. The Kier molecular flexibility index (Phi) is 5.28. The van der Waals surface area contributed by atoms with Crippen LogP contribution in [-0.2, 0) is 9.84 Å². The van der Waals surface area contributed by atoms with Crippen molar-refractivity contribution in [1.29, 1.82) is 0 Å². The van der Waals surface area contributed by atoms with Gasteiger partial charge in [-0.3, -0.25) is 0 Å². The van der Waals surface area contributed by atoms with Crippen LogP contribution in [0.5, 0.6) is 0 Å². The van der Waals surface area contributed by atoms with E-state index in [2.05, 4.69) is 5.32 Å². The molecular weight excluding hydrogens is 258 g/mol. The number of anilines is 1. The van der Waals surface area contributed by atoms with Crippen molar-refractivity contribution in [3.8, 4) is 0 Å². The summed E-state index contributed by atoms with van der Waals surface area (Å²) in [6, 6.07) is 5.61. The standard InChI is InChI=1S/C12H18ClNO2S/c1-3-17(15,16)8-4-7-14-12-6-5-11(13)9-10(12)2/h5-6,9,14H,3-4,7-8H2,1-2H3. The Labute approximate surface area is 108 Å². The minimum atomic E-state index is -2.85. The van der Waals surface area contributed by atoms with Gasteiger partial charge < -0.3 is 5.32 Å². The molecule has 0 aromatic heterocycles. The molecule has 0 aliphatic heterocycles. The van der Waals surface area contributed by atoms with E-state index in [9.17, 15) is 8.42 Å². The van der Waals surface area contributed by atoms with Gasteiger partial charge in [-0.1, -0.05) is 18.5 Å². The van der Waals surface area contributed by atoms with Gasteiger partial charge in [0.05, 0.1) is 5.75 Å². The Morgan fingerprint density at radius 1 is 1.35 bits per heavy atom. The summed E-state index contributed by atoms with van der Waals surface area (Å²) in [4.78, 5) is 0. The largest absolute Gasteiger partial charge is 0.385 e. The van der Waals surface area contributed by atoms with Gasteiger partial charge >= 0.3 is 0 Å². The van der Waals surface area contributed by atoms with Gasteiger partial charge in [-0.15, -0.1) is 0 Å². The Morgan fingerprint density at radius 3 is 2.65 bits per heavy atom. The zero-order valence-electron chi connectivity index (χ0n) is 10.2. The van der Waals surface area contributed by atoms with E-state index in [0.717, 1.165) is 11.3 Å². The average Bonchev–Trinajstić information content (AvgIpc) is 2.27. The van der Waals surface area contributed by atoms with E-state index >= 15 is 0 Å². The molecule has 0 aliphatic carbocycles. The summed E-state index contributed by atoms with van der Waals surface area (Å²) in [6.45, 7) is 4.30. The molecule has 5 heteroatoms. The summed E-state index contributed by atoms with van der Waals surface area (Å²) in [6.07, 6.45) is 0.623. The minimum absolute atomic E-state index is 0.215. The predicted octanol–water partition coefficient (Wildman–Crippen LogP) is 2.89. The molecule has 0 bridgehead atoms. The van der Waals surface area contributed by atoms with Crippen molar-refractivity contribution in [1.82, 2.24) is 0 Å². The molecule has 1 rings (SSSR count). The van der Waals surface area contributed by atoms with Crippen LogP contribution in [0.25, 0.3) is 0 Å². The lowest BCUT2D eigenvalue weighted by Crippen LogP contribution is -2.13. The summed E-state index contributed by atoms with van der Waals surface area (Å²) < 4.78 is 22.6. The molecule has 0 saturated heterocycles. The van der Waals surface area contributed by atoms with Gasteiger partial charge in [0, 0.05) is 23.0 Å². The van der Waals surface area contributed by atoms with Crippen LogP contribution in [0.3, 0.4) is 0 Å². The zero-order valence-corrected chi connectivity index (χ0v) is 11.7. The van der Waals surface area contributed by atoms with Gasteiger partial charge in [0.2, 0.25) is 0 Å². The number of halogens is 1. The second-order valence-corrected chi connectivity index (χ2v) is 6.89. The number of hydrogen-bond donors (Lipinski definition) is 1.